The SMILES string of the molecule is Cc1c(C)c2ccc(OC(=O)C(NC(=O)OC(C)(C)C)C(C)C)c(C)c2oc1=O. The summed E-state index contributed by atoms with van der Waals surface area (Å²) in [5.74, 6) is -0.580. The third kappa shape index (κ3) is 5.16. The van der Waals surface area contributed by atoms with Crippen molar-refractivity contribution in [3.63, 3.8) is 0 Å². The summed E-state index contributed by atoms with van der Waals surface area (Å²) >= 11 is 0. The molecule has 0 fully saturated rings. The number of hydrogen-bond acceptors (Lipinski definition) is 6. The highest BCUT2D eigenvalue weighted by molar-refractivity contribution is 5.88. The number of esters is 1. The van der Waals surface area contributed by atoms with E-state index in [2.05, 4.69) is 5.32 Å². The van der Waals surface area contributed by atoms with Crippen LogP contribution in [0.3, 0.4) is 0 Å². The monoisotopic (exact) mass is 403 g/mol. The van der Waals surface area contributed by atoms with Crippen molar-refractivity contribution < 1.29 is 23.5 Å². The van der Waals surface area contributed by atoms with E-state index in [4.69, 9.17) is 13.9 Å². The Morgan fingerprint density at radius 3 is 2.21 bits per heavy atom. The number of carbonyl (C=O) groups is 2. The summed E-state index contributed by atoms with van der Waals surface area (Å²) in [7, 11) is 0. The molecule has 0 saturated carbocycles. The fraction of sp³-hybridized carbons (Fsp3) is 0.500. The van der Waals surface area contributed by atoms with Crippen molar-refractivity contribution in [3.8, 4) is 5.75 Å². The van der Waals surface area contributed by atoms with E-state index in [1.54, 1.807) is 60.6 Å². The molecular formula is C22H29NO6. The highest BCUT2D eigenvalue weighted by Crippen LogP contribution is 2.29. The van der Waals surface area contributed by atoms with Crippen molar-refractivity contribution in [1.82, 2.24) is 5.32 Å². The molecule has 0 radical (unpaired) electrons. The second-order valence-electron chi connectivity index (χ2n) is 8.49. The van der Waals surface area contributed by atoms with Crippen LogP contribution < -0.4 is 15.7 Å². The Morgan fingerprint density at radius 1 is 1.03 bits per heavy atom. The number of fused-ring (bicyclic) bond motifs is 1. The standard InChI is InChI=1S/C22H29NO6/c1-11(2)17(23-21(26)29-22(6,7)8)20(25)27-16-10-9-15-12(3)13(4)19(24)28-18(15)14(16)5/h9-11,17H,1-8H3,(H,23,26). The molecule has 158 valence electrons. The molecule has 1 atom stereocenters. The van der Waals surface area contributed by atoms with E-state index in [0.717, 1.165) is 10.9 Å². The Balaban J connectivity index is 2.31. The number of carbonyl (C=O) groups excluding carboxylic acids is 2. The molecule has 1 aromatic heterocycles. The number of nitrogens with one attached hydrogen (secondary N) is 1. The summed E-state index contributed by atoms with van der Waals surface area (Å²) in [4.78, 5) is 36.9. The van der Waals surface area contributed by atoms with Gasteiger partial charge in [-0.05, 0) is 65.2 Å². The molecule has 1 N–H and O–H groups in total. The van der Waals surface area contributed by atoms with Gasteiger partial charge in [-0.15, -0.1) is 0 Å². The van der Waals surface area contributed by atoms with Crippen LogP contribution in [0.1, 0.15) is 51.3 Å². The fourth-order valence-corrected chi connectivity index (χ4v) is 2.84. The molecule has 1 amide bonds. The highest BCUT2D eigenvalue weighted by atomic mass is 16.6. The molecule has 7 heteroatoms. The zero-order chi connectivity index (χ0) is 22.1. The molecule has 2 aromatic rings. The predicted octanol–water partition coefficient (Wildman–Crippen LogP) is 4.17. The van der Waals surface area contributed by atoms with Crippen molar-refractivity contribution in [1.29, 1.82) is 0 Å². The number of aryl methyl sites for hydroxylation is 2. The van der Waals surface area contributed by atoms with Crippen LogP contribution in [0.15, 0.2) is 21.3 Å². The van der Waals surface area contributed by atoms with Crippen molar-refractivity contribution >= 4 is 23.0 Å². The van der Waals surface area contributed by atoms with Gasteiger partial charge in [-0.3, -0.25) is 0 Å². The summed E-state index contributed by atoms with van der Waals surface area (Å²) in [6.45, 7) is 14.1. The third-order valence-corrected chi connectivity index (χ3v) is 4.63. The summed E-state index contributed by atoms with van der Waals surface area (Å²) < 4.78 is 16.2. The van der Waals surface area contributed by atoms with Crippen LogP contribution in [0.2, 0.25) is 0 Å². The zero-order valence-electron chi connectivity index (χ0n) is 18.3. The van der Waals surface area contributed by atoms with E-state index in [-0.39, 0.29) is 11.7 Å². The van der Waals surface area contributed by atoms with Crippen LogP contribution in [0, 0.1) is 26.7 Å². The minimum Gasteiger partial charge on any atom is -0.444 e. The second kappa shape index (κ2) is 8.27. The van der Waals surface area contributed by atoms with Crippen LogP contribution in [0.25, 0.3) is 11.0 Å². The van der Waals surface area contributed by atoms with E-state index >= 15 is 0 Å². The van der Waals surface area contributed by atoms with Crippen molar-refractivity contribution in [2.24, 2.45) is 5.92 Å². The molecule has 1 heterocycles. The van der Waals surface area contributed by atoms with Gasteiger partial charge in [-0.2, -0.15) is 0 Å². The van der Waals surface area contributed by atoms with Crippen molar-refractivity contribution in [2.75, 3.05) is 0 Å². The maximum atomic E-state index is 12.7. The van der Waals surface area contributed by atoms with Gasteiger partial charge in [0, 0.05) is 16.5 Å². The lowest BCUT2D eigenvalue weighted by Gasteiger charge is -2.24. The average Bonchev–Trinajstić information content (AvgIpc) is 2.58. The molecule has 0 aliphatic carbocycles. The second-order valence-corrected chi connectivity index (χ2v) is 8.49. The van der Waals surface area contributed by atoms with Gasteiger partial charge >= 0.3 is 17.7 Å². The molecule has 2 rings (SSSR count). The first-order valence-corrected chi connectivity index (χ1v) is 9.56. The Labute approximate surface area is 170 Å². The first-order valence-electron chi connectivity index (χ1n) is 9.56. The number of alkyl carbamates (subject to hydrolysis) is 1. The smallest absolute Gasteiger partial charge is 0.408 e. The van der Waals surface area contributed by atoms with Gasteiger partial charge in [-0.25, -0.2) is 14.4 Å². The van der Waals surface area contributed by atoms with Gasteiger partial charge in [0.1, 0.15) is 23.0 Å². The first kappa shape index (κ1) is 22.5. The van der Waals surface area contributed by atoms with Crippen LogP contribution >= 0.6 is 0 Å². The molecular weight excluding hydrogens is 374 g/mol. The molecule has 29 heavy (non-hydrogen) atoms. The van der Waals surface area contributed by atoms with Crippen LogP contribution in [-0.2, 0) is 9.53 Å². The van der Waals surface area contributed by atoms with Gasteiger partial charge in [0.25, 0.3) is 0 Å². The number of amides is 1. The third-order valence-electron chi connectivity index (χ3n) is 4.63. The molecule has 1 unspecified atom stereocenters. The summed E-state index contributed by atoms with van der Waals surface area (Å²) in [6, 6.07) is 2.51. The molecule has 0 spiro atoms. The molecule has 0 aliphatic rings. The predicted molar refractivity (Wildman–Crippen MR) is 110 cm³/mol. The maximum Gasteiger partial charge on any atom is 0.408 e. The molecule has 0 saturated heterocycles. The summed E-state index contributed by atoms with van der Waals surface area (Å²) in [5, 5.41) is 3.35. The fourth-order valence-electron chi connectivity index (χ4n) is 2.84. The lowest BCUT2D eigenvalue weighted by Crippen LogP contribution is -2.48. The minimum atomic E-state index is -0.897. The van der Waals surface area contributed by atoms with Crippen molar-refractivity contribution in [2.45, 2.75) is 67.0 Å². The lowest BCUT2D eigenvalue weighted by atomic mass is 10.0. The largest absolute Gasteiger partial charge is 0.444 e. The summed E-state index contributed by atoms with van der Waals surface area (Å²) in [5.41, 5.74) is 1.18. The topological polar surface area (TPSA) is 94.8 Å². The average molecular weight is 403 g/mol. The van der Waals surface area contributed by atoms with Gasteiger partial charge < -0.3 is 19.2 Å². The van der Waals surface area contributed by atoms with Crippen LogP contribution in [0.4, 0.5) is 4.79 Å². The number of rotatable bonds is 4. The Hall–Kier alpha value is -2.83. The van der Waals surface area contributed by atoms with Crippen molar-refractivity contribution in [3.05, 3.63) is 39.2 Å². The summed E-state index contributed by atoms with van der Waals surface area (Å²) in [6.07, 6.45) is -0.694. The maximum absolute atomic E-state index is 12.7. The van der Waals surface area contributed by atoms with Gasteiger partial charge in [0.2, 0.25) is 0 Å². The van der Waals surface area contributed by atoms with E-state index in [1.165, 1.54) is 0 Å². The van der Waals surface area contributed by atoms with Crippen LogP contribution in [-0.4, -0.2) is 23.7 Å². The van der Waals surface area contributed by atoms with E-state index in [9.17, 15) is 14.4 Å². The number of benzene rings is 1. The number of ether oxygens (including phenoxy) is 2. The quantitative estimate of drug-likeness (QED) is 0.468. The Morgan fingerprint density at radius 2 is 1.66 bits per heavy atom. The van der Waals surface area contributed by atoms with Gasteiger partial charge in [-0.1, -0.05) is 13.8 Å². The van der Waals surface area contributed by atoms with E-state index < -0.39 is 29.3 Å². The van der Waals surface area contributed by atoms with Gasteiger partial charge in [0.15, 0.2) is 0 Å². The first-order chi connectivity index (χ1) is 13.3. The van der Waals surface area contributed by atoms with E-state index in [1.807, 2.05) is 6.92 Å². The lowest BCUT2D eigenvalue weighted by molar-refractivity contribution is -0.138. The molecule has 7 nitrogen and oxygen atoms in total. The normalized spacial score (nSPS) is 12.7. The Kier molecular flexibility index (Phi) is 6.40. The molecule has 0 bridgehead atoms. The zero-order valence-corrected chi connectivity index (χ0v) is 18.3. The molecule has 0 aliphatic heterocycles. The van der Waals surface area contributed by atoms with Gasteiger partial charge in [0.05, 0.1) is 0 Å². The molecule has 1 aromatic carbocycles. The Bertz CT molecular complexity index is 997. The van der Waals surface area contributed by atoms with Crippen LogP contribution in [0.5, 0.6) is 5.75 Å². The number of hydrogen-bond donors (Lipinski definition) is 1. The van der Waals surface area contributed by atoms with E-state index in [0.29, 0.717) is 16.7 Å². The highest BCUT2D eigenvalue weighted by Gasteiger charge is 2.29. The minimum absolute atomic E-state index is 0.224.